The highest BCUT2D eigenvalue weighted by atomic mass is 32.1. The van der Waals surface area contributed by atoms with Gasteiger partial charge in [0.05, 0.1) is 19.1 Å². The van der Waals surface area contributed by atoms with Crippen LogP contribution in [0.4, 0.5) is 0 Å². The molecule has 0 aliphatic heterocycles. The lowest BCUT2D eigenvalue weighted by Crippen LogP contribution is -2.42. The second-order valence-electron chi connectivity index (χ2n) is 6.59. The first kappa shape index (κ1) is 18.4. The maximum Gasteiger partial charge on any atom is 0.355 e. The average Bonchev–Trinajstić information content (AvgIpc) is 3.30. The minimum absolute atomic E-state index is 0.0121. The van der Waals surface area contributed by atoms with Crippen LogP contribution in [-0.2, 0) is 16.8 Å². The van der Waals surface area contributed by atoms with Gasteiger partial charge in [-0.3, -0.25) is 4.79 Å². The molecular weight excluding hydrogens is 352 g/mol. The number of aryl methyl sites for hydroxylation is 1. The number of amides is 1. The van der Waals surface area contributed by atoms with E-state index in [9.17, 15) is 9.59 Å². The number of aromatic nitrogens is 1. The van der Waals surface area contributed by atoms with Gasteiger partial charge in [-0.1, -0.05) is 25.0 Å². The van der Waals surface area contributed by atoms with E-state index in [0.717, 1.165) is 42.6 Å². The van der Waals surface area contributed by atoms with Crippen LogP contribution in [0, 0.1) is 6.92 Å². The standard InChI is InChI=1S/C19H22N2O4S/c1-12-5-6-13(9-15(12)25-2)19(7-3-4-8-19)18(24)20-10-16-21-14(11-26-16)17(22)23/h5-6,9,11H,3-4,7-8,10H2,1-2H3,(H,20,24)(H,22,23). The van der Waals surface area contributed by atoms with Crippen molar-refractivity contribution in [3.8, 4) is 5.75 Å². The van der Waals surface area contributed by atoms with Crippen LogP contribution < -0.4 is 10.1 Å². The molecule has 0 saturated heterocycles. The normalized spacial score (nSPS) is 15.6. The highest BCUT2D eigenvalue weighted by Gasteiger charge is 2.42. The van der Waals surface area contributed by atoms with Gasteiger partial charge in [0, 0.05) is 5.38 Å². The van der Waals surface area contributed by atoms with Crippen molar-refractivity contribution in [2.75, 3.05) is 7.11 Å². The van der Waals surface area contributed by atoms with Crippen molar-refractivity contribution in [1.29, 1.82) is 0 Å². The van der Waals surface area contributed by atoms with Crippen LogP contribution >= 0.6 is 11.3 Å². The fourth-order valence-electron chi connectivity index (χ4n) is 3.56. The second kappa shape index (κ2) is 7.45. The van der Waals surface area contributed by atoms with Gasteiger partial charge >= 0.3 is 5.97 Å². The molecule has 6 nitrogen and oxygen atoms in total. The summed E-state index contributed by atoms with van der Waals surface area (Å²) in [5, 5.41) is 14.0. The molecule has 1 aliphatic rings. The molecule has 0 atom stereocenters. The molecule has 7 heteroatoms. The van der Waals surface area contributed by atoms with E-state index in [1.54, 1.807) is 7.11 Å². The Bertz CT molecular complexity index is 825. The first-order chi connectivity index (χ1) is 12.5. The van der Waals surface area contributed by atoms with Crippen molar-refractivity contribution in [3.05, 3.63) is 45.4 Å². The van der Waals surface area contributed by atoms with E-state index in [2.05, 4.69) is 10.3 Å². The molecule has 2 aromatic rings. The van der Waals surface area contributed by atoms with Crippen LogP contribution in [0.25, 0.3) is 0 Å². The van der Waals surface area contributed by atoms with Crippen LogP contribution in [0.1, 0.15) is 52.3 Å². The maximum absolute atomic E-state index is 13.1. The molecule has 1 fully saturated rings. The molecule has 0 radical (unpaired) electrons. The molecule has 26 heavy (non-hydrogen) atoms. The molecule has 0 spiro atoms. The van der Waals surface area contributed by atoms with Crippen LogP contribution in [0.2, 0.25) is 0 Å². The quantitative estimate of drug-likeness (QED) is 0.810. The molecule has 1 heterocycles. The largest absolute Gasteiger partial charge is 0.496 e. The van der Waals surface area contributed by atoms with Gasteiger partial charge in [-0.25, -0.2) is 9.78 Å². The lowest BCUT2D eigenvalue weighted by molar-refractivity contribution is -0.126. The number of methoxy groups -OCH3 is 1. The van der Waals surface area contributed by atoms with Gasteiger partial charge in [0.15, 0.2) is 5.69 Å². The van der Waals surface area contributed by atoms with Crippen molar-refractivity contribution in [1.82, 2.24) is 10.3 Å². The van der Waals surface area contributed by atoms with E-state index in [1.165, 1.54) is 16.7 Å². The van der Waals surface area contributed by atoms with Gasteiger partial charge in [0.1, 0.15) is 10.8 Å². The molecule has 1 aliphatic carbocycles. The SMILES string of the molecule is COc1cc(C2(C(=O)NCc3nc(C(=O)O)cs3)CCCC2)ccc1C. The van der Waals surface area contributed by atoms with Gasteiger partial charge in [-0.2, -0.15) is 0 Å². The third kappa shape index (κ3) is 3.44. The van der Waals surface area contributed by atoms with Crippen LogP contribution in [0.5, 0.6) is 5.75 Å². The zero-order valence-corrected chi connectivity index (χ0v) is 15.7. The number of benzene rings is 1. The molecule has 2 N–H and O–H groups in total. The van der Waals surface area contributed by atoms with E-state index in [-0.39, 0.29) is 18.1 Å². The summed E-state index contributed by atoms with van der Waals surface area (Å²) < 4.78 is 5.43. The summed E-state index contributed by atoms with van der Waals surface area (Å²) in [6.45, 7) is 2.22. The van der Waals surface area contributed by atoms with Crippen molar-refractivity contribution in [2.24, 2.45) is 0 Å². The van der Waals surface area contributed by atoms with E-state index in [0.29, 0.717) is 5.01 Å². The maximum atomic E-state index is 13.1. The Kier molecular flexibility index (Phi) is 5.27. The Labute approximate surface area is 156 Å². The minimum Gasteiger partial charge on any atom is -0.496 e. The Morgan fingerprint density at radius 1 is 1.35 bits per heavy atom. The number of aromatic carboxylic acids is 1. The number of hydrogen-bond donors (Lipinski definition) is 2. The summed E-state index contributed by atoms with van der Waals surface area (Å²) in [5.41, 5.74) is 1.46. The Morgan fingerprint density at radius 2 is 2.08 bits per heavy atom. The predicted octanol–water partition coefficient (Wildman–Crippen LogP) is 3.29. The summed E-state index contributed by atoms with van der Waals surface area (Å²) in [7, 11) is 1.63. The van der Waals surface area contributed by atoms with E-state index in [4.69, 9.17) is 9.84 Å². The summed E-state index contributed by atoms with van der Waals surface area (Å²) in [6, 6.07) is 5.96. The number of carboxylic acids is 1. The lowest BCUT2D eigenvalue weighted by Gasteiger charge is -2.29. The molecule has 1 amide bonds. The highest BCUT2D eigenvalue weighted by molar-refractivity contribution is 7.09. The third-order valence-electron chi connectivity index (χ3n) is 5.02. The number of thiazole rings is 1. The Balaban J connectivity index is 1.80. The van der Waals surface area contributed by atoms with Crippen LogP contribution in [0.15, 0.2) is 23.6 Å². The highest BCUT2D eigenvalue weighted by Crippen LogP contribution is 2.42. The van der Waals surface area contributed by atoms with Crippen molar-refractivity contribution in [2.45, 2.75) is 44.6 Å². The second-order valence-corrected chi connectivity index (χ2v) is 7.53. The molecule has 3 rings (SSSR count). The molecule has 1 aromatic carbocycles. The topological polar surface area (TPSA) is 88.5 Å². The predicted molar refractivity (Wildman–Crippen MR) is 98.8 cm³/mol. The van der Waals surface area contributed by atoms with Crippen LogP contribution in [0.3, 0.4) is 0 Å². The van der Waals surface area contributed by atoms with Crippen LogP contribution in [-0.4, -0.2) is 29.1 Å². The first-order valence-corrected chi connectivity index (χ1v) is 9.45. The summed E-state index contributed by atoms with van der Waals surface area (Å²) >= 11 is 1.24. The number of carbonyl (C=O) groups excluding carboxylic acids is 1. The molecule has 0 unspecified atom stereocenters. The summed E-state index contributed by atoms with van der Waals surface area (Å²) in [4.78, 5) is 28.0. The minimum atomic E-state index is -1.06. The van der Waals surface area contributed by atoms with Crippen molar-refractivity contribution >= 4 is 23.2 Å². The van der Waals surface area contributed by atoms with E-state index >= 15 is 0 Å². The molecule has 0 bridgehead atoms. The number of nitrogens with zero attached hydrogens (tertiary/aromatic N) is 1. The monoisotopic (exact) mass is 374 g/mol. The third-order valence-corrected chi connectivity index (χ3v) is 5.87. The first-order valence-electron chi connectivity index (χ1n) is 8.57. The molecular formula is C19H22N2O4S. The zero-order chi connectivity index (χ0) is 18.7. The molecule has 1 aromatic heterocycles. The fourth-order valence-corrected chi connectivity index (χ4v) is 4.27. The molecule has 138 valence electrons. The number of rotatable bonds is 6. The van der Waals surface area contributed by atoms with Gasteiger partial charge in [0.25, 0.3) is 0 Å². The zero-order valence-electron chi connectivity index (χ0n) is 14.9. The number of carbonyl (C=O) groups is 2. The molecule has 1 saturated carbocycles. The number of carboxylic acid groups (broad SMARTS) is 1. The van der Waals surface area contributed by atoms with Gasteiger partial charge in [-0.05, 0) is 37.0 Å². The fraction of sp³-hybridized carbons (Fsp3) is 0.421. The lowest BCUT2D eigenvalue weighted by atomic mass is 9.77. The van der Waals surface area contributed by atoms with E-state index < -0.39 is 11.4 Å². The number of hydrogen-bond acceptors (Lipinski definition) is 5. The smallest absolute Gasteiger partial charge is 0.355 e. The number of nitrogens with one attached hydrogen (secondary N) is 1. The Hall–Kier alpha value is -2.41. The summed E-state index contributed by atoms with van der Waals surface area (Å²) in [5.74, 6) is -0.307. The van der Waals surface area contributed by atoms with Gasteiger partial charge in [0.2, 0.25) is 5.91 Å². The van der Waals surface area contributed by atoms with Gasteiger partial charge < -0.3 is 15.2 Å². The number of ether oxygens (including phenoxy) is 1. The van der Waals surface area contributed by atoms with Gasteiger partial charge in [-0.15, -0.1) is 11.3 Å². The van der Waals surface area contributed by atoms with Crippen molar-refractivity contribution in [3.63, 3.8) is 0 Å². The Morgan fingerprint density at radius 3 is 2.69 bits per heavy atom. The average molecular weight is 374 g/mol. The van der Waals surface area contributed by atoms with E-state index in [1.807, 2.05) is 25.1 Å². The summed E-state index contributed by atoms with van der Waals surface area (Å²) in [6.07, 6.45) is 3.60. The van der Waals surface area contributed by atoms with Crippen molar-refractivity contribution < 1.29 is 19.4 Å².